The normalized spacial score (nSPS) is 10.9. The van der Waals surface area contributed by atoms with Crippen LogP contribution in [0.1, 0.15) is 144 Å². The second-order valence-corrected chi connectivity index (χ2v) is 25.8. The first kappa shape index (κ1) is 78.7. The van der Waals surface area contributed by atoms with Crippen LogP contribution in [0, 0.1) is 52.9 Å². The van der Waals surface area contributed by atoms with E-state index in [-0.39, 0.29) is 56.0 Å². The van der Waals surface area contributed by atoms with Crippen molar-refractivity contribution in [3.05, 3.63) is 244 Å². The van der Waals surface area contributed by atoms with E-state index >= 15 is 0 Å². The fraction of sp³-hybridized carbons (Fsp3) is 0.276. The minimum absolute atomic E-state index is 0. The number of hydrogen-bond acceptors (Lipinski definition) is 19. The number of halogens is 3. The summed E-state index contributed by atoms with van der Waals surface area (Å²) in [6.07, 6.45) is 9.87. The van der Waals surface area contributed by atoms with Gasteiger partial charge in [0, 0.05) is 103 Å². The predicted molar refractivity (Wildman–Crippen MR) is 413 cm³/mol. The van der Waals surface area contributed by atoms with E-state index in [0.717, 1.165) is 99.9 Å². The molecule has 0 unspecified atom stereocenters. The SMILES string of the molecule is C.CCN(CC)CC.Cc1cc(N)nc(C)c1CNC(=O)c1cn(Cc2ccc3ncc(Cl)cc3c2)nc1C#N.Cc1cc(N)nc(C)c1CNC(=O)c1cn(Cc2ccc3ncc(Cl)cc3c2)nc1CN.Cc1cc(N)nc(C)c1CNC(=O)c1cn(Cc2ccc3ncc(Cl)cc3c2)nc1CN. The molecule has 0 aliphatic rings. The van der Waals surface area contributed by atoms with E-state index in [2.05, 4.69) is 86.8 Å². The molecular weight excluding hydrogens is 1380 g/mol. The number of benzene rings is 3. The first-order valence-corrected chi connectivity index (χ1v) is 34.4. The zero-order chi connectivity index (χ0) is 74.2. The van der Waals surface area contributed by atoms with Crippen LogP contribution in [0.15, 0.2) is 128 Å². The van der Waals surface area contributed by atoms with Crippen molar-refractivity contribution in [2.45, 2.75) is 122 Å². The Morgan fingerprint density at radius 2 is 0.779 bits per heavy atom. The Balaban J connectivity index is 0.000000187. The van der Waals surface area contributed by atoms with Crippen LogP contribution in [0.25, 0.3) is 32.7 Å². The molecule has 0 spiro atoms. The summed E-state index contributed by atoms with van der Waals surface area (Å²) in [7, 11) is 0. The molecule has 12 aromatic rings. The molecule has 0 aliphatic heterocycles. The molecule has 104 heavy (non-hydrogen) atoms. The first-order valence-electron chi connectivity index (χ1n) is 33.2. The summed E-state index contributed by atoms with van der Waals surface area (Å²) in [5.74, 6) is 0.526. The topological polar surface area (TPSA) is 375 Å². The third-order valence-corrected chi connectivity index (χ3v) is 17.8. The number of pyridine rings is 6. The molecule has 0 saturated carbocycles. The van der Waals surface area contributed by atoms with Crippen molar-refractivity contribution < 1.29 is 14.4 Å². The molecule has 9 heterocycles. The number of amides is 3. The van der Waals surface area contributed by atoms with E-state index < -0.39 is 0 Å². The van der Waals surface area contributed by atoms with Crippen molar-refractivity contribution in [1.82, 2.24) is 80.1 Å². The number of rotatable bonds is 20. The van der Waals surface area contributed by atoms with Gasteiger partial charge >= 0.3 is 0 Å². The third kappa shape index (κ3) is 20.4. The molecule has 0 bridgehead atoms. The third-order valence-electron chi connectivity index (χ3n) is 17.2. The Kier molecular flexibility index (Phi) is 27.4. The van der Waals surface area contributed by atoms with E-state index in [0.29, 0.717) is 87.8 Å². The summed E-state index contributed by atoms with van der Waals surface area (Å²) in [6.45, 7) is 24.2. The van der Waals surface area contributed by atoms with Crippen LogP contribution in [0.4, 0.5) is 17.5 Å². The molecule has 25 nitrogen and oxygen atoms in total. The van der Waals surface area contributed by atoms with Crippen molar-refractivity contribution in [1.29, 1.82) is 5.26 Å². The van der Waals surface area contributed by atoms with Crippen molar-refractivity contribution in [3.63, 3.8) is 0 Å². The number of aromatic nitrogens is 12. The van der Waals surface area contributed by atoms with Crippen molar-refractivity contribution in [3.8, 4) is 6.07 Å². The first-order chi connectivity index (χ1) is 49.3. The Morgan fingerprint density at radius 1 is 0.471 bits per heavy atom. The summed E-state index contributed by atoms with van der Waals surface area (Å²) < 4.78 is 5.02. The maximum absolute atomic E-state index is 12.9. The van der Waals surface area contributed by atoms with Crippen molar-refractivity contribution in [2.75, 3.05) is 36.8 Å². The summed E-state index contributed by atoms with van der Waals surface area (Å²) in [5.41, 5.74) is 44.9. The number of anilines is 3. The van der Waals surface area contributed by atoms with Gasteiger partial charge in [-0.1, -0.05) is 81.2 Å². The smallest absolute Gasteiger partial charge is 0.256 e. The number of fused-ring (bicyclic) bond motifs is 3. The van der Waals surface area contributed by atoms with Crippen LogP contribution in [0.5, 0.6) is 0 Å². The van der Waals surface area contributed by atoms with Gasteiger partial charge in [0.05, 0.1) is 79.3 Å². The molecule has 0 radical (unpaired) electrons. The van der Waals surface area contributed by atoms with Crippen molar-refractivity contribution in [2.24, 2.45) is 11.5 Å². The van der Waals surface area contributed by atoms with Crippen LogP contribution in [-0.2, 0) is 52.4 Å². The van der Waals surface area contributed by atoms with Crippen molar-refractivity contribution >= 4 is 103 Å². The summed E-state index contributed by atoms with van der Waals surface area (Å²) in [5, 5.41) is 36.0. The molecule has 540 valence electrons. The molecular formula is C76H87Cl3N22O3. The Bertz CT molecular complexity index is 4840. The van der Waals surface area contributed by atoms with Gasteiger partial charge in [-0.05, 0) is 184 Å². The fourth-order valence-electron chi connectivity index (χ4n) is 11.8. The summed E-state index contributed by atoms with van der Waals surface area (Å²) in [4.78, 5) is 66.6. The zero-order valence-corrected chi connectivity index (χ0v) is 61.2. The lowest BCUT2D eigenvalue weighted by Gasteiger charge is -2.13. The summed E-state index contributed by atoms with van der Waals surface area (Å²) >= 11 is 18.2. The molecule has 0 fully saturated rings. The lowest BCUT2D eigenvalue weighted by molar-refractivity contribution is 0.0941. The average Bonchev–Trinajstić information content (AvgIpc) is 1.53. The number of nitrogens with zero attached hydrogens (tertiary/aromatic N) is 14. The standard InChI is InChI=1S/2C23H24ClN7O.C23H20ClN7O.C6H15N.CH4/c3*1-13-5-22(26)29-14(2)18(13)10-28-23(32)19-12-31(30-21(19)8-25)11-15-3-4-20-16(6-15)7-17(24)9-27-20;1-4-7(5-2)6-3;/h2*3-7,9,12H,8,10-11,25H2,1-2H3,(H2,26,29)(H,28,32);3-7,9,12H,10-11H2,1-2H3,(H2,26,29)(H,28,32);4-6H2,1-3H3;1H4. The number of aryl methyl sites for hydroxylation is 6. The molecule has 0 saturated heterocycles. The van der Waals surface area contributed by atoms with E-state index in [9.17, 15) is 19.6 Å². The van der Waals surface area contributed by atoms with Gasteiger partial charge in [0.25, 0.3) is 17.7 Å². The number of nitrogens with one attached hydrogen (secondary N) is 3. The predicted octanol–water partition coefficient (Wildman–Crippen LogP) is 11.7. The zero-order valence-electron chi connectivity index (χ0n) is 58.9. The van der Waals surface area contributed by atoms with Gasteiger partial charge in [0.15, 0.2) is 5.69 Å². The van der Waals surface area contributed by atoms with E-state index in [1.54, 1.807) is 69.4 Å². The Labute approximate surface area is 619 Å². The lowest BCUT2D eigenvalue weighted by Crippen LogP contribution is -2.25. The van der Waals surface area contributed by atoms with Gasteiger partial charge in [-0.25, -0.2) is 15.0 Å². The lowest BCUT2D eigenvalue weighted by atomic mass is 10.1. The van der Waals surface area contributed by atoms with Crippen LogP contribution >= 0.6 is 34.8 Å². The summed E-state index contributed by atoms with van der Waals surface area (Å²) in [6, 6.07) is 30.6. The Morgan fingerprint density at radius 3 is 1.07 bits per heavy atom. The van der Waals surface area contributed by atoms with E-state index in [4.69, 9.17) is 63.5 Å². The molecule has 13 N–H and O–H groups in total. The molecule has 0 aliphatic carbocycles. The fourth-order valence-corrected chi connectivity index (χ4v) is 12.3. The maximum atomic E-state index is 12.9. The maximum Gasteiger partial charge on any atom is 0.256 e. The van der Waals surface area contributed by atoms with Gasteiger partial charge in [0.1, 0.15) is 23.5 Å². The average molecular weight is 1460 g/mol. The number of nitrogens with two attached hydrogens (primary N) is 5. The van der Waals surface area contributed by atoms with Gasteiger partial charge in [-0.15, -0.1) is 0 Å². The van der Waals surface area contributed by atoms with Crippen LogP contribution in [0.2, 0.25) is 15.1 Å². The second kappa shape index (κ2) is 36.2. The highest BCUT2D eigenvalue weighted by Crippen LogP contribution is 2.25. The minimum atomic E-state index is -0.377. The Hall–Kier alpha value is -11.0. The molecule has 0 atom stereocenters. The number of hydrogen-bond donors (Lipinski definition) is 8. The highest BCUT2D eigenvalue weighted by Gasteiger charge is 2.21. The highest BCUT2D eigenvalue weighted by atomic mass is 35.5. The molecule has 3 aromatic carbocycles. The number of carbonyl (C=O) groups excluding carboxylic acids is 3. The number of nitrogen functional groups attached to an aromatic ring is 3. The highest BCUT2D eigenvalue weighted by molar-refractivity contribution is 6.31. The molecule has 9 aromatic heterocycles. The van der Waals surface area contributed by atoms with E-state index in [1.165, 1.54) is 19.6 Å². The number of carbonyl (C=O) groups is 3. The molecule has 28 heteroatoms. The monoisotopic (exact) mass is 1460 g/mol. The van der Waals surface area contributed by atoms with Gasteiger partial charge < -0.3 is 49.5 Å². The van der Waals surface area contributed by atoms with Crippen LogP contribution in [-0.4, -0.2) is 102 Å². The van der Waals surface area contributed by atoms with Gasteiger partial charge in [-0.3, -0.25) is 43.4 Å². The molecule has 12 rings (SSSR count). The van der Waals surface area contributed by atoms with Crippen LogP contribution < -0.4 is 44.6 Å². The second-order valence-electron chi connectivity index (χ2n) is 24.5. The van der Waals surface area contributed by atoms with Gasteiger partial charge in [0.2, 0.25) is 0 Å². The van der Waals surface area contributed by atoms with Gasteiger partial charge in [-0.2, -0.15) is 20.6 Å². The number of nitriles is 1. The molecule has 3 amide bonds. The quantitative estimate of drug-likeness (QED) is 0.0351. The van der Waals surface area contributed by atoms with E-state index in [1.807, 2.05) is 120 Å². The largest absolute Gasteiger partial charge is 0.384 e. The van der Waals surface area contributed by atoms with Crippen LogP contribution in [0.3, 0.4) is 0 Å². The minimum Gasteiger partial charge on any atom is -0.384 e.